The third-order valence-corrected chi connectivity index (χ3v) is 7.09. The Morgan fingerprint density at radius 1 is 1.03 bits per heavy atom. The average Bonchev–Trinajstić information content (AvgIpc) is 2.79. The molecule has 0 aromatic heterocycles. The minimum Gasteiger partial charge on any atom is -0.352 e. The SMILES string of the molecule is CC[C@@H](C)NC(=O)[C@@H](C)N(CCc1ccccc1)C(=O)CN(c1cc(C)ccc1C)S(C)(=O)=O. The van der Waals surface area contributed by atoms with Crippen molar-refractivity contribution in [2.75, 3.05) is 23.7 Å². The molecular weight excluding hydrogens is 450 g/mol. The number of hydrogen-bond acceptors (Lipinski definition) is 4. The molecule has 0 heterocycles. The van der Waals surface area contributed by atoms with Crippen LogP contribution in [-0.2, 0) is 26.0 Å². The fourth-order valence-electron chi connectivity index (χ4n) is 3.62. The normalized spacial score (nSPS) is 13.1. The first-order chi connectivity index (χ1) is 15.9. The standard InChI is InChI=1S/C26H37N3O4S/c1-7-21(4)27-26(31)22(5)28(16-15-23-11-9-8-10-12-23)25(30)18-29(34(6,32)33)24-17-19(2)13-14-20(24)3/h8-14,17,21-22H,7,15-16,18H2,1-6H3,(H,27,31)/t21-,22-/m1/s1. The fraction of sp³-hybridized carbons (Fsp3) is 0.462. The summed E-state index contributed by atoms with van der Waals surface area (Å²) in [6, 6.07) is 14.4. The van der Waals surface area contributed by atoms with Crippen LogP contribution in [0.2, 0.25) is 0 Å². The van der Waals surface area contributed by atoms with Gasteiger partial charge < -0.3 is 10.2 Å². The summed E-state index contributed by atoms with van der Waals surface area (Å²) in [6.07, 6.45) is 2.41. The molecular formula is C26H37N3O4S. The number of rotatable bonds is 11. The van der Waals surface area contributed by atoms with E-state index in [2.05, 4.69) is 5.32 Å². The van der Waals surface area contributed by atoms with Gasteiger partial charge in [0.1, 0.15) is 12.6 Å². The molecule has 2 rings (SSSR count). The second-order valence-corrected chi connectivity index (χ2v) is 10.8. The van der Waals surface area contributed by atoms with Crippen LogP contribution in [0.15, 0.2) is 48.5 Å². The number of carbonyl (C=O) groups is 2. The Labute approximate surface area is 204 Å². The van der Waals surface area contributed by atoms with E-state index in [1.807, 2.05) is 70.2 Å². The van der Waals surface area contributed by atoms with E-state index >= 15 is 0 Å². The lowest BCUT2D eigenvalue weighted by atomic mass is 10.1. The molecule has 0 radical (unpaired) electrons. The zero-order valence-electron chi connectivity index (χ0n) is 21.0. The van der Waals surface area contributed by atoms with Crippen LogP contribution in [0.5, 0.6) is 0 Å². The summed E-state index contributed by atoms with van der Waals surface area (Å²) in [7, 11) is -3.74. The highest BCUT2D eigenvalue weighted by Gasteiger charge is 2.30. The maximum Gasteiger partial charge on any atom is 0.244 e. The summed E-state index contributed by atoms with van der Waals surface area (Å²) < 4.78 is 26.5. The highest BCUT2D eigenvalue weighted by molar-refractivity contribution is 7.92. The summed E-state index contributed by atoms with van der Waals surface area (Å²) in [5, 5.41) is 2.93. The monoisotopic (exact) mass is 487 g/mol. The van der Waals surface area contributed by atoms with Crippen molar-refractivity contribution in [3.8, 4) is 0 Å². The quantitative estimate of drug-likeness (QED) is 0.526. The van der Waals surface area contributed by atoms with Gasteiger partial charge in [0.2, 0.25) is 21.8 Å². The number of carbonyl (C=O) groups excluding carboxylic acids is 2. The highest BCUT2D eigenvalue weighted by Crippen LogP contribution is 2.24. The van der Waals surface area contributed by atoms with Crippen LogP contribution in [0, 0.1) is 13.8 Å². The van der Waals surface area contributed by atoms with Crippen LogP contribution in [0.1, 0.15) is 43.9 Å². The van der Waals surface area contributed by atoms with Gasteiger partial charge in [-0.3, -0.25) is 13.9 Å². The Bertz CT molecular complexity index is 1090. The summed E-state index contributed by atoms with van der Waals surface area (Å²) in [6.45, 7) is 9.17. The van der Waals surface area contributed by atoms with Crippen molar-refractivity contribution in [2.24, 2.45) is 0 Å². The Balaban J connectivity index is 2.35. The summed E-state index contributed by atoms with van der Waals surface area (Å²) >= 11 is 0. The Morgan fingerprint density at radius 2 is 1.68 bits per heavy atom. The Kier molecular flexibility index (Phi) is 9.67. The largest absolute Gasteiger partial charge is 0.352 e. The van der Waals surface area contributed by atoms with Crippen molar-refractivity contribution in [3.05, 3.63) is 65.2 Å². The molecule has 7 nitrogen and oxygen atoms in total. The van der Waals surface area contributed by atoms with Gasteiger partial charge in [-0.1, -0.05) is 49.4 Å². The predicted octanol–water partition coefficient (Wildman–Crippen LogP) is 3.44. The molecule has 1 N–H and O–H groups in total. The van der Waals surface area contributed by atoms with Crippen molar-refractivity contribution in [3.63, 3.8) is 0 Å². The lowest BCUT2D eigenvalue weighted by Crippen LogP contribution is -2.53. The zero-order valence-corrected chi connectivity index (χ0v) is 21.9. The van der Waals surface area contributed by atoms with Crippen LogP contribution in [0.3, 0.4) is 0 Å². The molecule has 0 fully saturated rings. The molecule has 0 spiro atoms. The second kappa shape index (κ2) is 12.0. The van der Waals surface area contributed by atoms with Gasteiger partial charge in [-0.25, -0.2) is 8.42 Å². The molecule has 2 amide bonds. The molecule has 2 atom stereocenters. The van der Waals surface area contributed by atoms with Gasteiger partial charge in [0, 0.05) is 12.6 Å². The van der Waals surface area contributed by atoms with Gasteiger partial charge in [0.25, 0.3) is 0 Å². The van der Waals surface area contributed by atoms with E-state index in [0.717, 1.165) is 33.7 Å². The molecule has 186 valence electrons. The van der Waals surface area contributed by atoms with Gasteiger partial charge in [-0.15, -0.1) is 0 Å². The van der Waals surface area contributed by atoms with Crippen molar-refractivity contribution in [1.82, 2.24) is 10.2 Å². The van der Waals surface area contributed by atoms with Crippen molar-refractivity contribution in [2.45, 2.75) is 59.5 Å². The van der Waals surface area contributed by atoms with Gasteiger partial charge in [0.05, 0.1) is 11.9 Å². The first kappa shape index (κ1) is 27.4. The van der Waals surface area contributed by atoms with E-state index in [-0.39, 0.29) is 18.5 Å². The predicted molar refractivity (Wildman–Crippen MR) is 137 cm³/mol. The first-order valence-electron chi connectivity index (χ1n) is 11.6. The number of sulfonamides is 1. The van der Waals surface area contributed by atoms with E-state index in [1.165, 1.54) is 4.90 Å². The van der Waals surface area contributed by atoms with E-state index in [0.29, 0.717) is 18.7 Å². The third-order valence-electron chi connectivity index (χ3n) is 5.97. The number of nitrogens with one attached hydrogen (secondary N) is 1. The fourth-order valence-corrected chi connectivity index (χ4v) is 4.52. The van der Waals surface area contributed by atoms with Crippen LogP contribution >= 0.6 is 0 Å². The molecule has 0 saturated carbocycles. The number of nitrogens with zero attached hydrogens (tertiary/aromatic N) is 2. The maximum atomic E-state index is 13.5. The van der Waals surface area contributed by atoms with Crippen molar-refractivity contribution >= 4 is 27.5 Å². The number of amides is 2. The lowest BCUT2D eigenvalue weighted by molar-refractivity contribution is -0.139. The highest BCUT2D eigenvalue weighted by atomic mass is 32.2. The van der Waals surface area contributed by atoms with Crippen molar-refractivity contribution < 1.29 is 18.0 Å². The molecule has 34 heavy (non-hydrogen) atoms. The molecule has 0 bridgehead atoms. The minimum absolute atomic E-state index is 0.0245. The first-order valence-corrected chi connectivity index (χ1v) is 13.5. The number of aryl methyl sites for hydroxylation is 2. The van der Waals surface area contributed by atoms with E-state index in [1.54, 1.807) is 13.0 Å². The number of hydrogen-bond donors (Lipinski definition) is 1. The lowest BCUT2D eigenvalue weighted by Gasteiger charge is -2.32. The van der Waals surface area contributed by atoms with E-state index in [4.69, 9.17) is 0 Å². The molecule has 0 unspecified atom stereocenters. The van der Waals surface area contributed by atoms with Crippen LogP contribution < -0.4 is 9.62 Å². The molecule has 0 saturated heterocycles. The van der Waals surface area contributed by atoms with Gasteiger partial charge >= 0.3 is 0 Å². The average molecular weight is 488 g/mol. The molecule has 0 aliphatic rings. The van der Waals surface area contributed by atoms with Crippen LogP contribution in [0.4, 0.5) is 5.69 Å². The number of anilines is 1. The molecule has 2 aromatic carbocycles. The smallest absolute Gasteiger partial charge is 0.244 e. The van der Waals surface area contributed by atoms with Crippen LogP contribution in [0.25, 0.3) is 0 Å². The molecule has 2 aromatic rings. The topological polar surface area (TPSA) is 86.8 Å². The Hall–Kier alpha value is -2.87. The molecule has 0 aliphatic heterocycles. The Morgan fingerprint density at radius 3 is 2.26 bits per heavy atom. The third kappa shape index (κ3) is 7.58. The summed E-state index contributed by atoms with van der Waals surface area (Å²) in [5.41, 5.74) is 3.14. The van der Waals surface area contributed by atoms with Crippen LogP contribution in [-0.4, -0.2) is 56.6 Å². The van der Waals surface area contributed by atoms with Crippen molar-refractivity contribution in [1.29, 1.82) is 0 Å². The number of benzene rings is 2. The van der Waals surface area contributed by atoms with Gasteiger partial charge in [-0.05, 0) is 63.3 Å². The van der Waals surface area contributed by atoms with Gasteiger partial charge in [0.15, 0.2) is 0 Å². The summed E-state index contributed by atoms with van der Waals surface area (Å²) in [4.78, 5) is 27.9. The van der Waals surface area contributed by atoms with E-state index in [9.17, 15) is 18.0 Å². The zero-order chi connectivity index (χ0) is 25.5. The summed E-state index contributed by atoms with van der Waals surface area (Å²) in [5.74, 6) is -0.678. The molecule has 8 heteroatoms. The second-order valence-electron chi connectivity index (χ2n) is 8.88. The van der Waals surface area contributed by atoms with E-state index < -0.39 is 22.0 Å². The minimum atomic E-state index is -3.74. The van der Waals surface area contributed by atoms with Gasteiger partial charge in [-0.2, -0.15) is 0 Å². The molecule has 0 aliphatic carbocycles. The maximum absolute atomic E-state index is 13.5.